The maximum absolute atomic E-state index is 11.6. The Labute approximate surface area is 130 Å². The van der Waals surface area contributed by atoms with Gasteiger partial charge in [-0.1, -0.05) is 24.3 Å². The molecule has 5 nitrogen and oxygen atoms in total. The molecule has 2 amide bonds. The van der Waals surface area contributed by atoms with E-state index in [2.05, 4.69) is 10.6 Å². The highest BCUT2D eigenvalue weighted by atomic mass is 16.6. The fourth-order valence-corrected chi connectivity index (χ4v) is 2.13. The van der Waals surface area contributed by atoms with Gasteiger partial charge in [0.25, 0.3) is 5.91 Å². The average molecular weight is 302 g/mol. The molecule has 1 heterocycles. The van der Waals surface area contributed by atoms with Crippen LogP contribution in [0.1, 0.15) is 48.7 Å². The third-order valence-corrected chi connectivity index (χ3v) is 3.11. The summed E-state index contributed by atoms with van der Waals surface area (Å²) in [5, 5.41) is 5.49. The third kappa shape index (κ3) is 4.62. The molecule has 0 fully saturated rings. The van der Waals surface area contributed by atoms with Crippen molar-refractivity contribution < 1.29 is 14.3 Å². The molecular formula is C17H22N2O3. The Bertz CT molecular complexity index is 600. The molecule has 0 aliphatic carbocycles. The molecule has 0 aromatic heterocycles. The fourth-order valence-electron chi connectivity index (χ4n) is 2.13. The number of ether oxygens (including phenoxy) is 1. The molecule has 1 aliphatic rings. The Kier molecular flexibility index (Phi) is 4.85. The lowest BCUT2D eigenvalue weighted by molar-refractivity contribution is 0.0528. The van der Waals surface area contributed by atoms with E-state index in [1.54, 1.807) is 0 Å². The summed E-state index contributed by atoms with van der Waals surface area (Å²) in [6, 6.07) is 5.83. The van der Waals surface area contributed by atoms with Crippen molar-refractivity contribution in [1.82, 2.24) is 10.6 Å². The predicted molar refractivity (Wildman–Crippen MR) is 85.5 cm³/mol. The SMILES string of the molecule is CC(C)(C)OC(=O)NCCC=Cc1ccc2c(c1)C(=O)NC2. The number of amides is 2. The Hall–Kier alpha value is -2.30. The first-order valence-electron chi connectivity index (χ1n) is 7.40. The van der Waals surface area contributed by atoms with E-state index in [-0.39, 0.29) is 5.91 Å². The van der Waals surface area contributed by atoms with Crippen molar-refractivity contribution in [2.45, 2.75) is 39.3 Å². The summed E-state index contributed by atoms with van der Waals surface area (Å²) in [5.74, 6) is -0.0168. The van der Waals surface area contributed by atoms with Gasteiger partial charge in [0.1, 0.15) is 5.60 Å². The number of hydrogen-bond acceptors (Lipinski definition) is 3. The van der Waals surface area contributed by atoms with Gasteiger partial charge in [0.2, 0.25) is 0 Å². The summed E-state index contributed by atoms with van der Waals surface area (Å²) in [5.41, 5.74) is 2.28. The Morgan fingerprint density at radius 2 is 2.18 bits per heavy atom. The van der Waals surface area contributed by atoms with Crippen LogP contribution in [0.4, 0.5) is 4.79 Å². The Morgan fingerprint density at radius 3 is 2.91 bits per heavy atom. The Balaban J connectivity index is 1.78. The first-order valence-corrected chi connectivity index (χ1v) is 7.40. The van der Waals surface area contributed by atoms with E-state index in [1.165, 1.54) is 0 Å². The second-order valence-corrected chi connectivity index (χ2v) is 6.22. The summed E-state index contributed by atoms with van der Waals surface area (Å²) in [4.78, 5) is 23.0. The largest absolute Gasteiger partial charge is 0.444 e. The molecule has 22 heavy (non-hydrogen) atoms. The van der Waals surface area contributed by atoms with Crippen LogP contribution >= 0.6 is 0 Å². The van der Waals surface area contributed by atoms with Crippen LogP contribution in [0.25, 0.3) is 6.08 Å². The highest BCUT2D eigenvalue weighted by molar-refractivity contribution is 5.98. The molecular weight excluding hydrogens is 280 g/mol. The van der Waals surface area contributed by atoms with E-state index >= 15 is 0 Å². The molecule has 1 aliphatic heterocycles. The highest BCUT2D eigenvalue weighted by Gasteiger charge is 2.18. The van der Waals surface area contributed by atoms with E-state index in [9.17, 15) is 9.59 Å². The van der Waals surface area contributed by atoms with Crippen LogP contribution in [0.15, 0.2) is 24.3 Å². The minimum absolute atomic E-state index is 0.0168. The van der Waals surface area contributed by atoms with Gasteiger partial charge < -0.3 is 15.4 Å². The second-order valence-electron chi connectivity index (χ2n) is 6.22. The van der Waals surface area contributed by atoms with Gasteiger partial charge in [-0.25, -0.2) is 4.79 Å². The van der Waals surface area contributed by atoms with E-state index in [0.717, 1.165) is 16.7 Å². The maximum atomic E-state index is 11.6. The highest BCUT2D eigenvalue weighted by Crippen LogP contribution is 2.18. The number of nitrogens with one attached hydrogen (secondary N) is 2. The first-order chi connectivity index (χ1) is 10.3. The van der Waals surface area contributed by atoms with Crippen LogP contribution in [0.5, 0.6) is 0 Å². The molecule has 0 atom stereocenters. The minimum Gasteiger partial charge on any atom is -0.444 e. The van der Waals surface area contributed by atoms with Crippen LogP contribution in [-0.4, -0.2) is 24.1 Å². The van der Waals surface area contributed by atoms with Crippen molar-refractivity contribution in [1.29, 1.82) is 0 Å². The topological polar surface area (TPSA) is 67.4 Å². The van der Waals surface area contributed by atoms with Crippen LogP contribution in [0.2, 0.25) is 0 Å². The predicted octanol–water partition coefficient (Wildman–Crippen LogP) is 2.86. The molecule has 0 saturated heterocycles. The van der Waals surface area contributed by atoms with Crippen LogP contribution < -0.4 is 10.6 Å². The molecule has 0 bridgehead atoms. The van der Waals surface area contributed by atoms with Crippen LogP contribution in [-0.2, 0) is 11.3 Å². The third-order valence-electron chi connectivity index (χ3n) is 3.11. The number of carbonyl (C=O) groups excluding carboxylic acids is 2. The number of rotatable bonds is 4. The smallest absolute Gasteiger partial charge is 0.407 e. The van der Waals surface area contributed by atoms with Gasteiger partial charge in [0.15, 0.2) is 0 Å². The van der Waals surface area contributed by atoms with Gasteiger partial charge >= 0.3 is 6.09 Å². The van der Waals surface area contributed by atoms with Gasteiger partial charge in [-0.3, -0.25) is 4.79 Å². The van der Waals surface area contributed by atoms with Gasteiger partial charge in [-0.2, -0.15) is 0 Å². The summed E-state index contributed by atoms with van der Waals surface area (Å²) >= 11 is 0. The van der Waals surface area contributed by atoms with Crippen molar-refractivity contribution in [2.75, 3.05) is 6.54 Å². The quantitative estimate of drug-likeness (QED) is 0.840. The molecule has 0 saturated carbocycles. The summed E-state index contributed by atoms with van der Waals surface area (Å²) in [7, 11) is 0. The lowest BCUT2D eigenvalue weighted by Gasteiger charge is -2.19. The van der Waals surface area contributed by atoms with Gasteiger partial charge in [-0.05, 0) is 44.4 Å². The summed E-state index contributed by atoms with van der Waals surface area (Å²) in [6.07, 6.45) is 4.20. The molecule has 0 unspecified atom stereocenters. The lowest BCUT2D eigenvalue weighted by Crippen LogP contribution is -2.32. The van der Waals surface area contributed by atoms with Gasteiger partial charge in [0, 0.05) is 18.7 Å². The lowest BCUT2D eigenvalue weighted by atomic mass is 10.1. The molecule has 2 rings (SSSR count). The van der Waals surface area contributed by atoms with E-state index in [1.807, 2.05) is 51.1 Å². The number of hydrogen-bond donors (Lipinski definition) is 2. The standard InChI is InChI=1S/C17H22N2O3/c1-17(2,3)22-16(21)18-9-5-4-6-12-7-8-13-11-19-15(20)14(13)10-12/h4,6-8,10H,5,9,11H2,1-3H3,(H,18,21)(H,19,20). The second kappa shape index (κ2) is 6.64. The molecule has 0 radical (unpaired) electrons. The monoisotopic (exact) mass is 302 g/mol. The van der Waals surface area contributed by atoms with E-state index in [4.69, 9.17) is 4.74 Å². The Morgan fingerprint density at radius 1 is 1.41 bits per heavy atom. The van der Waals surface area contributed by atoms with Gasteiger partial charge in [-0.15, -0.1) is 0 Å². The molecule has 0 spiro atoms. The zero-order valence-electron chi connectivity index (χ0n) is 13.2. The maximum Gasteiger partial charge on any atom is 0.407 e. The van der Waals surface area contributed by atoms with Crippen molar-refractivity contribution in [3.63, 3.8) is 0 Å². The average Bonchev–Trinajstić information content (AvgIpc) is 2.78. The van der Waals surface area contributed by atoms with Crippen LogP contribution in [0.3, 0.4) is 0 Å². The van der Waals surface area contributed by atoms with Crippen molar-refractivity contribution in [3.8, 4) is 0 Å². The number of alkyl carbamates (subject to hydrolysis) is 1. The zero-order valence-corrected chi connectivity index (χ0v) is 13.2. The van der Waals surface area contributed by atoms with Crippen molar-refractivity contribution in [2.24, 2.45) is 0 Å². The summed E-state index contributed by atoms with van der Waals surface area (Å²) < 4.78 is 5.15. The molecule has 5 heteroatoms. The van der Waals surface area contributed by atoms with Gasteiger partial charge in [0.05, 0.1) is 0 Å². The number of carbonyl (C=O) groups is 2. The molecule has 2 N–H and O–H groups in total. The first kappa shape index (κ1) is 16.1. The number of benzene rings is 1. The summed E-state index contributed by atoms with van der Waals surface area (Å²) in [6.45, 7) is 6.61. The minimum atomic E-state index is -0.481. The molecule has 118 valence electrons. The zero-order chi connectivity index (χ0) is 16.2. The fraction of sp³-hybridized carbons (Fsp3) is 0.412. The molecule has 1 aromatic rings. The number of fused-ring (bicyclic) bond motifs is 1. The normalized spacial score (nSPS) is 13.9. The van der Waals surface area contributed by atoms with E-state index in [0.29, 0.717) is 19.5 Å². The molecule has 1 aromatic carbocycles. The van der Waals surface area contributed by atoms with E-state index < -0.39 is 11.7 Å². The van der Waals surface area contributed by atoms with Crippen molar-refractivity contribution >= 4 is 18.1 Å². The van der Waals surface area contributed by atoms with Crippen LogP contribution in [0, 0.1) is 0 Å². The van der Waals surface area contributed by atoms with Crippen molar-refractivity contribution in [3.05, 3.63) is 41.0 Å².